The molecule has 3 heteroatoms. The molecule has 0 radical (unpaired) electrons. The molecule has 4 rings (SSSR count). The molecule has 0 aromatic heterocycles. The third-order valence-corrected chi connectivity index (χ3v) is 4.74. The minimum absolute atomic E-state index is 0.0578. The fourth-order valence-electron chi connectivity index (χ4n) is 3.60. The van der Waals surface area contributed by atoms with Crippen LogP contribution in [-0.2, 0) is 11.2 Å². The second-order valence-corrected chi connectivity index (χ2v) is 6.23. The number of morpholine rings is 1. The van der Waals surface area contributed by atoms with Crippen LogP contribution in [-0.4, -0.2) is 25.3 Å². The van der Waals surface area contributed by atoms with E-state index >= 15 is 0 Å². The van der Waals surface area contributed by atoms with Crippen LogP contribution in [0.15, 0.2) is 48.5 Å². The lowest BCUT2D eigenvalue weighted by molar-refractivity contribution is -0.121. The van der Waals surface area contributed by atoms with Gasteiger partial charge < -0.3 is 14.8 Å². The molecule has 0 amide bonds. The van der Waals surface area contributed by atoms with Crippen molar-refractivity contribution in [3.63, 3.8) is 0 Å². The van der Waals surface area contributed by atoms with E-state index in [4.69, 9.17) is 9.47 Å². The lowest BCUT2D eigenvalue weighted by Crippen LogP contribution is -2.53. The van der Waals surface area contributed by atoms with Crippen LogP contribution < -0.4 is 10.1 Å². The van der Waals surface area contributed by atoms with Gasteiger partial charge in [0.25, 0.3) is 0 Å². The van der Waals surface area contributed by atoms with Gasteiger partial charge in [0, 0.05) is 19.5 Å². The highest BCUT2D eigenvalue weighted by Crippen LogP contribution is 2.45. The van der Waals surface area contributed by atoms with E-state index in [9.17, 15) is 0 Å². The van der Waals surface area contributed by atoms with Gasteiger partial charge in [-0.3, -0.25) is 0 Å². The molecule has 1 heterocycles. The molecule has 1 fully saturated rings. The molecule has 114 valence electrons. The molecule has 2 atom stereocenters. The summed E-state index contributed by atoms with van der Waals surface area (Å²) >= 11 is 0. The topological polar surface area (TPSA) is 30.5 Å². The Morgan fingerprint density at radius 2 is 1.95 bits per heavy atom. The molecule has 0 unspecified atom stereocenters. The SMILES string of the molecule is Cc1ccccc1O[C@@H]1c2ccccc2C[C@]12CNCCO2. The van der Waals surface area contributed by atoms with E-state index in [1.165, 1.54) is 11.1 Å². The summed E-state index contributed by atoms with van der Waals surface area (Å²) in [4.78, 5) is 0. The van der Waals surface area contributed by atoms with E-state index in [2.05, 4.69) is 42.6 Å². The maximum atomic E-state index is 6.46. The van der Waals surface area contributed by atoms with E-state index in [1.807, 2.05) is 18.2 Å². The molecular formula is C19H21NO2. The van der Waals surface area contributed by atoms with Gasteiger partial charge in [-0.1, -0.05) is 42.5 Å². The second kappa shape index (κ2) is 5.41. The van der Waals surface area contributed by atoms with Gasteiger partial charge in [-0.15, -0.1) is 0 Å². The maximum Gasteiger partial charge on any atom is 0.154 e. The molecule has 2 aromatic rings. The summed E-state index contributed by atoms with van der Waals surface area (Å²) in [7, 11) is 0. The lowest BCUT2D eigenvalue weighted by atomic mass is 9.95. The summed E-state index contributed by atoms with van der Waals surface area (Å²) in [5, 5.41) is 3.48. The highest BCUT2D eigenvalue weighted by Gasteiger charge is 2.50. The van der Waals surface area contributed by atoms with Crippen LogP contribution in [0.25, 0.3) is 0 Å². The van der Waals surface area contributed by atoms with E-state index in [0.29, 0.717) is 0 Å². The fourth-order valence-corrected chi connectivity index (χ4v) is 3.60. The molecule has 2 aromatic carbocycles. The molecule has 1 spiro atoms. The van der Waals surface area contributed by atoms with Crippen molar-refractivity contribution in [1.29, 1.82) is 0 Å². The Morgan fingerprint density at radius 1 is 1.14 bits per heavy atom. The first-order valence-electron chi connectivity index (χ1n) is 7.93. The third-order valence-electron chi connectivity index (χ3n) is 4.74. The third kappa shape index (κ3) is 2.21. The molecule has 2 aliphatic rings. The van der Waals surface area contributed by atoms with Gasteiger partial charge in [0.15, 0.2) is 6.10 Å². The average molecular weight is 295 g/mol. The Balaban J connectivity index is 1.74. The van der Waals surface area contributed by atoms with Gasteiger partial charge in [0.05, 0.1) is 6.61 Å². The van der Waals surface area contributed by atoms with Gasteiger partial charge in [-0.05, 0) is 29.7 Å². The molecule has 1 saturated heterocycles. The summed E-state index contributed by atoms with van der Waals surface area (Å²) < 4.78 is 12.7. The van der Waals surface area contributed by atoms with Crippen molar-refractivity contribution in [1.82, 2.24) is 5.32 Å². The van der Waals surface area contributed by atoms with E-state index < -0.39 is 0 Å². The van der Waals surface area contributed by atoms with E-state index in [1.54, 1.807) is 0 Å². The molecule has 22 heavy (non-hydrogen) atoms. The van der Waals surface area contributed by atoms with E-state index in [0.717, 1.165) is 37.4 Å². The van der Waals surface area contributed by atoms with Crippen LogP contribution in [0.1, 0.15) is 22.8 Å². The van der Waals surface area contributed by atoms with Gasteiger partial charge >= 0.3 is 0 Å². The van der Waals surface area contributed by atoms with Gasteiger partial charge in [-0.25, -0.2) is 0 Å². The van der Waals surface area contributed by atoms with Crippen LogP contribution in [0, 0.1) is 6.92 Å². The van der Waals surface area contributed by atoms with Crippen LogP contribution >= 0.6 is 0 Å². The number of ether oxygens (including phenoxy) is 2. The number of nitrogens with one attached hydrogen (secondary N) is 1. The number of fused-ring (bicyclic) bond motifs is 1. The first-order chi connectivity index (χ1) is 10.8. The smallest absolute Gasteiger partial charge is 0.154 e. The van der Waals surface area contributed by atoms with Crippen LogP contribution in [0.3, 0.4) is 0 Å². The zero-order valence-electron chi connectivity index (χ0n) is 12.8. The van der Waals surface area contributed by atoms with Crippen molar-refractivity contribution in [2.75, 3.05) is 19.7 Å². The highest BCUT2D eigenvalue weighted by atomic mass is 16.6. The highest BCUT2D eigenvalue weighted by molar-refractivity contribution is 5.41. The summed E-state index contributed by atoms with van der Waals surface area (Å²) in [6.45, 7) is 4.57. The Morgan fingerprint density at radius 3 is 2.77 bits per heavy atom. The fraction of sp³-hybridized carbons (Fsp3) is 0.368. The van der Waals surface area contributed by atoms with Crippen molar-refractivity contribution < 1.29 is 9.47 Å². The first kappa shape index (κ1) is 13.8. The largest absolute Gasteiger partial charge is 0.482 e. The number of rotatable bonds is 2. The number of aryl methyl sites for hydroxylation is 1. The molecule has 3 nitrogen and oxygen atoms in total. The predicted octanol–water partition coefficient (Wildman–Crippen LogP) is 3.03. The van der Waals surface area contributed by atoms with Crippen molar-refractivity contribution in [2.45, 2.75) is 25.0 Å². The Bertz CT molecular complexity index is 677. The minimum atomic E-state index is -0.287. The normalized spacial score (nSPS) is 26.9. The average Bonchev–Trinajstić information content (AvgIpc) is 2.83. The van der Waals surface area contributed by atoms with Crippen LogP contribution in [0.2, 0.25) is 0 Å². The molecule has 1 aliphatic carbocycles. The summed E-state index contributed by atoms with van der Waals surface area (Å²) in [6.07, 6.45) is 0.852. The number of benzene rings is 2. The second-order valence-electron chi connectivity index (χ2n) is 6.23. The van der Waals surface area contributed by atoms with Gasteiger partial charge in [0.2, 0.25) is 0 Å². The van der Waals surface area contributed by atoms with Crippen molar-refractivity contribution in [2.24, 2.45) is 0 Å². The minimum Gasteiger partial charge on any atom is -0.482 e. The zero-order chi connectivity index (χ0) is 15.0. The van der Waals surface area contributed by atoms with E-state index in [-0.39, 0.29) is 11.7 Å². The zero-order valence-corrected chi connectivity index (χ0v) is 12.8. The maximum absolute atomic E-state index is 6.46. The number of hydrogen-bond acceptors (Lipinski definition) is 3. The van der Waals surface area contributed by atoms with Crippen LogP contribution in [0.4, 0.5) is 0 Å². The monoisotopic (exact) mass is 295 g/mol. The van der Waals surface area contributed by atoms with Crippen molar-refractivity contribution >= 4 is 0 Å². The Labute approximate surface area is 131 Å². The first-order valence-corrected chi connectivity index (χ1v) is 7.93. The number of hydrogen-bond donors (Lipinski definition) is 1. The van der Waals surface area contributed by atoms with Crippen LogP contribution in [0.5, 0.6) is 5.75 Å². The van der Waals surface area contributed by atoms with Gasteiger partial charge in [-0.2, -0.15) is 0 Å². The van der Waals surface area contributed by atoms with Gasteiger partial charge in [0.1, 0.15) is 11.4 Å². The molecule has 0 bridgehead atoms. The summed E-state index contributed by atoms with van der Waals surface area (Å²) in [6, 6.07) is 16.7. The summed E-state index contributed by atoms with van der Waals surface area (Å²) in [5.41, 5.74) is 3.47. The molecule has 1 aliphatic heterocycles. The standard InChI is InChI=1S/C19H21NO2/c1-14-6-2-5-9-17(14)22-18-16-8-4-3-7-15(16)12-19(18)13-20-10-11-21-19/h2-9,18,20H,10-13H2,1H3/t18-,19+/m1/s1. The Kier molecular flexibility index (Phi) is 3.40. The lowest BCUT2D eigenvalue weighted by Gasteiger charge is -2.39. The number of para-hydroxylation sites is 1. The quantitative estimate of drug-likeness (QED) is 0.924. The molecular weight excluding hydrogens is 274 g/mol. The molecule has 0 saturated carbocycles. The molecule has 1 N–H and O–H groups in total. The predicted molar refractivity (Wildman–Crippen MR) is 86.2 cm³/mol. The summed E-state index contributed by atoms with van der Waals surface area (Å²) in [5.74, 6) is 0.942. The Hall–Kier alpha value is -1.84. The van der Waals surface area contributed by atoms with Crippen molar-refractivity contribution in [3.8, 4) is 5.75 Å². The van der Waals surface area contributed by atoms with Crippen molar-refractivity contribution in [3.05, 3.63) is 65.2 Å².